The first-order valence-corrected chi connectivity index (χ1v) is 6.77. The van der Waals surface area contributed by atoms with Crippen LogP contribution in [0.3, 0.4) is 0 Å². The van der Waals surface area contributed by atoms with Gasteiger partial charge in [-0.2, -0.15) is 5.10 Å². The predicted molar refractivity (Wildman–Crippen MR) is 77.4 cm³/mol. The molecule has 2 rings (SSSR count). The van der Waals surface area contributed by atoms with Gasteiger partial charge < -0.3 is 4.74 Å². The maximum absolute atomic E-state index is 11.8. The highest BCUT2D eigenvalue weighted by molar-refractivity contribution is 6.05. The highest BCUT2D eigenvalue weighted by Gasteiger charge is 2.26. The summed E-state index contributed by atoms with van der Waals surface area (Å²) in [5.74, 6) is 0.467. The van der Waals surface area contributed by atoms with E-state index in [-0.39, 0.29) is 11.6 Å². The number of hydrogen-bond donors (Lipinski definition) is 0. The zero-order valence-electron chi connectivity index (χ0n) is 12.0. The predicted octanol–water partition coefficient (Wildman–Crippen LogP) is 2.34. The van der Waals surface area contributed by atoms with Gasteiger partial charge in [0, 0.05) is 18.9 Å². The molecule has 1 aliphatic heterocycles. The largest absolute Gasteiger partial charge is 0.497 e. The van der Waals surface area contributed by atoms with Crippen molar-refractivity contribution in [3.8, 4) is 5.75 Å². The van der Waals surface area contributed by atoms with Crippen molar-refractivity contribution < 1.29 is 14.5 Å². The monoisotopic (exact) mass is 291 g/mol. The molecule has 0 spiro atoms. The van der Waals surface area contributed by atoms with E-state index >= 15 is 0 Å². The third kappa shape index (κ3) is 3.18. The average molecular weight is 291 g/mol. The van der Waals surface area contributed by atoms with E-state index < -0.39 is 4.92 Å². The van der Waals surface area contributed by atoms with Crippen LogP contribution in [0.15, 0.2) is 23.3 Å². The summed E-state index contributed by atoms with van der Waals surface area (Å²) in [5.41, 5.74) is 0.926. The first kappa shape index (κ1) is 15.0. The molecule has 0 radical (unpaired) electrons. The van der Waals surface area contributed by atoms with E-state index in [1.165, 1.54) is 24.3 Å². The number of amides is 1. The lowest BCUT2D eigenvalue weighted by molar-refractivity contribution is -0.385. The molecule has 112 valence electrons. The molecule has 0 unspecified atom stereocenters. The fourth-order valence-electron chi connectivity index (χ4n) is 2.20. The quantitative estimate of drug-likeness (QED) is 0.615. The Morgan fingerprint density at radius 2 is 2.29 bits per heavy atom. The van der Waals surface area contributed by atoms with Crippen LogP contribution in [0.2, 0.25) is 0 Å². The summed E-state index contributed by atoms with van der Waals surface area (Å²) in [6.07, 6.45) is 1.68. The number of nitro benzene ring substituents is 1. The van der Waals surface area contributed by atoms with E-state index in [0.29, 0.717) is 36.4 Å². The Labute approximate surface area is 122 Å². The van der Waals surface area contributed by atoms with E-state index in [2.05, 4.69) is 5.10 Å². The van der Waals surface area contributed by atoms with Gasteiger partial charge in [0.15, 0.2) is 0 Å². The van der Waals surface area contributed by atoms with Crippen molar-refractivity contribution in [1.29, 1.82) is 0 Å². The summed E-state index contributed by atoms with van der Waals surface area (Å²) in [5, 5.41) is 16.8. The van der Waals surface area contributed by atoms with E-state index in [1.807, 2.05) is 6.92 Å². The maximum atomic E-state index is 11.8. The first-order valence-electron chi connectivity index (χ1n) is 6.77. The lowest BCUT2D eigenvalue weighted by Gasteiger charge is -2.09. The summed E-state index contributed by atoms with van der Waals surface area (Å²) in [7, 11) is 1.50. The second-order valence-corrected chi connectivity index (χ2v) is 4.70. The number of rotatable bonds is 5. The molecule has 1 aromatic carbocycles. The zero-order chi connectivity index (χ0) is 15.4. The fraction of sp³-hybridized carbons (Fsp3) is 0.429. The van der Waals surface area contributed by atoms with Crippen molar-refractivity contribution >= 4 is 17.3 Å². The van der Waals surface area contributed by atoms with Gasteiger partial charge in [0.2, 0.25) is 5.91 Å². The smallest absolute Gasteiger partial charge is 0.278 e. The molecule has 0 bridgehead atoms. The topological polar surface area (TPSA) is 85.0 Å². The fourth-order valence-corrected chi connectivity index (χ4v) is 2.20. The third-order valence-corrected chi connectivity index (χ3v) is 3.26. The SMILES string of the molecule is CCCC(=O)N1CCC(c2cc(OC)ccc2[N+](=O)[O-])=N1. The third-order valence-electron chi connectivity index (χ3n) is 3.26. The standard InChI is InChI=1S/C14H17N3O4/c1-3-4-14(18)16-8-7-12(15-16)11-9-10(21-2)5-6-13(11)17(19)20/h5-6,9H,3-4,7-8H2,1-2H3. The van der Waals surface area contributed by atoms with Crippen LogP contribution in [0.4, 0.5) is 5.69 Å². The Hall–Kier alpha value is -2.44. The van der Waals surface area contributed by atoms with Crippen LogP contribution in [0.25, 0.3) is 0 Å². The number of hydrogen-bond acceptors (Lipinski definition) is 5. The molecule has 7 heteroatoms. The molecular weight excluding hydrogens is 274 g/mol. The van der Waals surface area contributed by atoms with Crippen molar-refractivity contribution in [3.63, 3.8) is 0 Å². The number of nitrogens with zero attached hydrogens (tertiary/aromatic N) is 3. The number of methoxy groups -OCH3 is 1. The molecule has 0 saturated heterocycles. The van der Waals surface area contributed by atoms with Crippen molar-refractivity contribution in [3.05, 3.63) is 33.9 Å². The van der Waals surface area contributed by atoms with Crippen LogP contribution in [-0.4, -0.2) is 35.2 Å². The second-order valence-electron chi connectivity index (χ2n) is 4.70. The molecule has 0 saturated carbocycles. The lowest BCUT2D eigenvalue weighted by atomic mass is 10.1. The van der Waals surface area contributed by atoms with E-state index in [9.17, 15) is 14.9 Å². The Balaban J connectivity index is 2.35. The first-order chi connectivity index (χ1) is 10.1. The van der Waals surface area contributed by atoms with E-state index in [0.717, 1.165) is 6.42 Å². The lowest BCUT2D eigenvalue weighted by Crippen LogP contribution is -2.22. The maximum Gasteiger partial charge on any atom is 0.278 e. The summed E-state index contributed by atoms with van der Waals surface area (Å²) < 4.78 is 5.10. The number of carbonyl (C=O) groups excluding carboxylic acids is 1. The van der Waals surface area contributed by atoms with E-state index in [1.54, 1.807) is 6.07 Å². The van der Waals surface area contributed by atoms with Crippen LogP contribution >= 0.6 is 0 Å². The molecule has 0 aliphatic carbocycles. The van der Waals surface area contributed by atoms with Crippen molar-refractivity contribution in [1.82, 2.24) is 5.01 Å². The number of benzene rings is 1. The molecular formula is C14H17N3O4. The van der Waals surface area contributed by atoms with Gasteiger partial charge in [-0.25, -0.2) is 5.01 Å². The van der Waals surface area contributed by atoms with Gasteiger partial charge in [-0.3, -0.25) is 14.9 Å². The van der Waals surface area contributed by atoms with Crippen molar-refractivity contribution in [2.75, 3.05) is 13.7 Å². The Morgan fingerprint density at radius 1 is 1.52 bits per heavy atom. The van der Waals surface area contributed by atoms with Gasteiger partial charge in [0.1, 0.15) is 5.75 Å². The minimum atomic E-state index is -0.451. The summed E-state index contributed by atoms with van der Waals surface area (Å²) in [6, 6.07) is 4.52. The van der Waals surface area contributed by atoms with Crippen LogP contribution in [0.5, 0.6) is 5.75 Å². The number of ether oxygens (including phenoxy) is 1. The van der Waals surface area contributed by atoms with Crippen molar-refractivity contribution in [2.24, 2.45) is 5.10 Å². The molecule has 21 heavy (non-hydrogen) atoms. The Bertz CT molecular complexity index is 598. The molecule has 1 aliphatic rings. The van der Waals surface area contributed by atoms with Gasteiger partial charge in [-0.05, 0) is 18.6 Å². The second kappa shape index (κ2) is 6.34. The molecule has 0 atom stereocenters. The van der Waals surface area contributed by atoms with Gasteiger partial charge in [0.25, 0.3) is 5.69 Å². The highest BCUT2D eigenvalue weighted by Crippen LogP contribution is 2.27. The van der Waals surface area contributed by atoms with Gasteiger partial charge in [-0.15, -0.1) is 0 Å². The normalized spacial score (nSPS) is 14.0. The summed E-state index contributed by atoms with van der Waals surface area (Å²) >= 11 is 0. The highest BCUT2D eigenvalue weighted by atomic mass is 16.6. The number of hydrazone groups is 1. The van der Waals surface area contributed by atoms with Crippen LogP contribution in [-0.2, 0) is 4.79 Å². The van der Waals surface area contributed by atoms with Gasteiger partial charge in [0.05, 0.1) is 29.9 Å². The van der Waals surface area contributed by atoms with Crippen molar-refractivity contribution in [2.45, 2.75) is 26.2 Å². The van der Waals surface area contributed by atoms with Crippen LogP contribution < -0.4 is 4.74 Å². The molecule has 1 aromatic rings. The Kier molecular flexibility index (Phi) is 4.52. The molecule has 1 heterocycles. The van der Waals surface area contributed by atoms with Gasteiger partial charge in [-0.1, -0.05) is 6.92 Å². The minimum absolute atomic E-state index is 0.0284. The number of nitro groups is 1. The molecule has 7 nitrogen and oxygen atoms in total. The molecule has 0 aromatic heterocycles. The summed E-state index contributed by atoms with van der Waals surface area (Å²) in [6.45, 7) is 2.38. The Morgan fingerprint density at radius 3 is 2.90 bits per heavy atom. The minimum Gasteiger partial charge on any atom is -0.497 e. The summed E-state index contributed by atoms with van der Waals surface area (Å²) in [4.78, 5) is 22.5. The average Bonchev–Trinajstić information content (AvgIpc) is 2.96. The molecule has 0 N–H and O–H groups in total. The molecule has 1 amide bonds. The van der Waals surface area contributed by atoms with Crippen LogP contribution in [0, 0.1) is 10.1 Å². The van der Waals surface area contributed by atoms with Crippen LogP contribution in [0.1, 0.15) is 31.7 Å². The molecule has 0 fully saturated rings. The van der Waals surface area contributed by atoms with Gasteiger partial charge >= 0.3 is 0 Å². The number of carbonyl (C=O) groups is 1. The van der Waals surface area contributed by atoms with E-state index in [4.69, 9.17) is 4.74 Å². The zero-order valence-corrected chi connectivity index (χ0v) is 12.0.